The van der Waals surface area contributed by atoms with Gasteiger partial charge in [-0.2, -0.15) is 0 Å². The Kier molecular flexibility index (Phi) is 6.85. The van der Waals surface area contributed by atoms with Gasteiger partial charge in [-0.15, -0.1) is 0 Å². The van der Waals surface area contributed by atoms with Crippen LogP contribution in [0.3, 0.4) is 0 Å². The fraction of sp³-hybridized carbons (Fsp3) is 0.650. The Labute approximate surface area is 152 Å². The topological polar surface area (TPSA) is 53.6 Å². The Morgan fingerprint density at radius 2 is 2.04 bits per heavy atom. The molecule has 2 N–H and O–H groups in total. The molecule has 1 aromatic rings. The summed E-state index contributed by atoms with van der Waals surface area (Å²) in [6.07, 6.45) is 0.862. The van der Waals surface area contributed by atoms with E-state index in [4.69, 9.17) is 4.74 Å². The number of carbonyl (C=O) groups excluding carboxylic acids is 1. The van der Waals surface area contributed by atoms with Crippen molar-refractivity contribution in [2.75, 3.05) is 27.2 Å². The number of amides is 1. The number of nitrogens with one attached hydrogen (secondary N) is 2. The first-order valence-electron chi connectivity index (χ1n) is 9.19. The van der Waals surface area contributed by atoms with Crippen molar-refractivity contribution in [3.8, 4) is 5.75 Å². The zero-order chi connectivity index (χ0) is 18.6. The highest BCUT2D eigenvalue weighted by atomic mass is 16.5. The minimum absolute atomic E-state index is 0.0244. The van der Waals surface area contributed by atoms with Crippen molar-refractivity contribution in [3.05, 3.63) is 28.8 Å². The molecule has 2 rings (SSSR count). The Hall–Kier alpha value is -1.59. The van der Waals surface area contributed by atoms with Crippen LogP contribution in [0.4, 0.5) is 0 Å². The van der Waals surface area contributed by atoms with Gasteiger partial charge < -0.3 is 15.4 Å². The molecule has 2 atom stereocenters. The molecule has 5 heteroatoms. The number of hydrogen-bond donors (Lipinski definition) is 2. The molecule has 1 aromatic carbocycles. The molecule has 0 spiro atoms. The van der Waals surface area contributed by atoms with E-state index in [1.54, 1.807) is 14.2 Å². The van der Waals surface area contributed by atoms with Crippen molar-refractivity contribution in [2.45, 2.75) is 52.7 Å². The largest absolute Gasteiger partial charge is 0.496 e. The molecule has 0 unspecified atom stereocenters. The third kappa shape index (κ3) is 4.73. The normalized spacial score (nSPS) is 20.9. The lowest BCUT2D eigenvalue weighted by Gasteiger charge is -2.24. The maximum absolute atomic E-state index is 12.2. The van der Waals surface area contributed by atoms with Gasteiger partial charge in [0.2, 0.25) is 5.91 Å². The van der Waals surface area contributed by atoms with E-state index in [1.165, 1.54) is 16.7 Å². The SMILES string of the molecule is CNC(=O)[C@@H]1C[C@@H](NCc2ccc(OC)c(C)c2C)CN1CC(C)C. The van der Waals surface area contributed by atoms with Gasteiger partial charge in [0.25, 0.3) is 0 Å². The van der Waals surface area contributed by atoms with Crippen LogP contribution in [0.2, 0.25) is 0 Å². The quantitative estimate of drug-likeness (QED) is 0.794. The minimum atomic E-state index is -0.0244. The van der Waals surface area contributed by atoms with Gasteiger partial charge in [-0.1, -0.05) is 19.9 Å². The van der Waals surface area contributed by atoms with Gasteiger partial charge in [0.15, 0.2) is 0 Å². The van der Waals surface area contributed by atoms with Gasteiger partial charge in [0.05, 0.1) is 13.2 Å². The fourth-order valence-corrected chi connectivity index (χ4v) is 3.68. The fourth-order valence-electron chi connectivity index (χ4n) is 3.68. The Balaban J connectivity index is 2.01. The number of carbonyl (C=O) groups is 1. The summed E-state index contributed by atoms with van der Waals surface area (Å²) in [7, 11) is 3.43. The summed E-state index contributed by atoms with van der Waals surface area (Å²) < 4.78 is 5.39. The number of methoxy groups -OCH3 is 1. The first-order chi connectivity index (χ1) is 11.9. The van der Waals surface area contributed by atoms with Gasteiger partial charge in [0.1, 0.15) is 5.75 Å². The first-order valence-corrected chi connectivity index (χ1v) is 9.19. The molecular weight excluding hydrogens is 314 g/mol. The van der Waals surface area contributed by atoms with Crippen LogP contribution in [0.25, 0.3) is 0 Å². The second-order valence-corrected chi connectivity index (χ2v) is 7.47. The molecule has 25 heavy (non-hydrogen) atoms. The number of nitrogens with zero attached hydrogens (tertiary/aromatic N) is 1. The summed E-state index contributed by atoms with van der Waals surface area (Å²) in [5.74, 6) is 1.61. The molecule has 0 aliphatic carbocycles. The number of likely N-dealkylation sites (tertiary alicyclic amines) is 1. The van der Waals surface area contributed by atoms with E-state index in [1.807, 2.05) is 6.07 Å². The second kappa shape index (κ2) is 8.68. The Bertz CT molecular complexity index is 601. The molecule has 1 amide bonds. The van der Waals surface area contributed by atoms with Crippen LogP contribution in [0.15, 0.2) is 12.1 Å². The monoisotopic (exact) mass is 347 g/mol. The van der Waals surface area contributed by atoms with Crippen LogP contribution in [-0.2, 0) is 11.3 Å². The molecule has 0 aromatic heterocycles. The van der Waals surface area contributed by atoms with Gasteiger partial charge in [-0.25, -0.2) is 0 Å². The average molecular weight is 348 g/mol. The van der Waals surface area contributed by atoms with E-state index in [-0.39, 0.29) is 11.9 Å². The number of likely N-dealkylation sites (N-methyl/N-ethyl adjacent to an activating group) is 1. The van der Waals surface area contributed by atoms with Crippen molar-refractivity contribution in [1.82, 2.24) is 15.5 Å². The molecule has 0 radical (unpaired) electrons. The van der Waals surface area contributed by atoms with Crippen molar-refractivity contribution in [2.24, 2.45) is 5.92 Å². The lowest BCUT2D eigenvalue weighted by Crippen LogP contribution is -2.43. The van der Waals surface area contributed by atoms with Crippen LogP contribution in [0.5, 0.6) is 5.75 Å². The molecule has 0 saturated carbocycles. The molecule has 140 valence electrons. The van der Waals surface area contributed by atoms with Gasteiger partial charge >= 0.3 is 0 Å². The summed E-state index contributed by atoms with van der Waals surface area (Å²) in [6, 6.07) is 4.48. The van der Waals surface area contributed by atoms with E-state index in [0.29, 0.717) is 12.0 Å². The van der Waals surface area contributed by atoms with Crippen molar-refractivity contribution >= 4 is 5.91 Å². The number of hydrogen-bond acceptors (Lipinski definition) is 4. The highest BCUT2D eigenvalue weighted by Gasteiger charge is 2.36. The smallest absolute Gasteiger partial charge is 0.237 e. The van der Waals surface area contributed by atoms with Crippen LogP contribution >= 0.6 is 0 Å². The van der Waals surface area contributed by atoms with Gasteiger partial charge in [-0.05, 0) is 48.9 Å². The van der Waals surface area contributed by atoms with E-state index in [2.05, 4.69) is 49.3 Å². The summed E-state index contributed by atoms with van der Waals surface area (Å²) in [6.45, 7) is 11.3. The minimum Gasteiger partial charge on any atom is -0.496 e. The summed E-state index contributed by atoms with van der Waals surface area (Å²) in [5, 5.41) is 6.46. The van der Waals surface area contributed by atoms with E-state index < -0.39 is 0 Å². The second-order valence-electron chi connectivity index (χ2n) is 7.47. The number of ether oxygens (including phenoxy) is 1. The van der Waals surface area contributed by atoms with E-state index in [9.17, 15) is 4.79 Å². The molecule has 1 aliphatic rings. The van der Waals surface area contributed by atoms with E-state index in [0.717, 1.165) is 31.8 Å². The van der Waals surface area contributed by atoms with Crippen molar-refractivity contribution < 1.29 is 9.53 Å². The van der Waals surface area contributed by atoms with E-state index >= 15 is 0 Å². The zero-order valence-electron chi connectivity index (χ0n) is 16.5. The molecular formula is C20H33N3O2. The third-order valence-corrected chi connectivity index (χ3v) is 5.20. The van der Waals surface area contributed by atoms with Gasteiger partial charge in [-0.3, -0.25) is 9.69 Å². The van der Waals surface area contributed by atoms with Crippen LogP contribution in [0.1, 0.15) is 37.0 Å². The lowest BCUT2D eigenvalue weighted by molar-refractivity contribution is -0.125. The predicted molar refractivity (Wildman–Crippen MR) is 102 cm³/mol. The molecule has 1 saturated heterocycles. The molecule has 1 fully saturated rings. The maximum Gasteiger partial charge on any atom is 0.237 e. The first kappa shape index (κ1) is 19.7. The van der Waals surface area contributed by atoms with Gasteiger partial charge in [0, 0.05) is 32.7 Å². The Morgan fingerprint density at radius 1 is 1.32 bits per heavy atom. The van der Waals surface area contributed by atoms with Crippen molar-refractivity contribution in [3.63, 3.8) is 0 Å². The lowest BCUT2D eigenvalue weighted by atomic mass is 10.0. The molecule has 5 nitrogen and oxygen atoms in total. The Morgan fingerprint density at radius 3 is 2.64 bits per heavy atom. The standard InChI is InChI=1S/C20H33N3O2/c1-13(2)11-23-12-17(9-18(23)20(24)21-5)22-10-16-7-8-19(25-6)15(4)14(16)3/h7-8,13,17-18,22H,9-12H2,1-6H3,(H,21,24)/t17-,18+/m1/s1. The summed E-state index contributed by atoms with van der Waals surface area (Å²) >= 11 is 0. The maximum atomic E-state index is 12.2. The van der Waals surface area contributed by atoms with Crippen LogP contribution in [0, 0.1) is 19.8 Å². The van der Waals surface area contributed by atoms with Crippen LogP contribution < -0.4 is 15.4 Å². The zero-order valence-corrected chi connectivity index (χ0v) is 16.5. The highest BCUT2D eigenvalue weighted by Crippen LogP contribution is 2.25. The average Bonchev–Trinajstić information content (AvgIpc) is 2.97. The highest BCUT2D eigenvalue weighted by molar-refractivity contribution is 5.81. The van der Waals surface area contributed by atoms with Crippen molar-refractivity contribution in [1.29, 1.82) is 0 Å². The number of rotatable bonds is 7. The van der Waals surface area contributed by atoms with Crippen LogP contribution in [-0.4, -0.2) is 50.1 Å². The summed E-state index contributed by atoms with van der Waals surface area (Å²) in [4.78, 5) is 14.5. The molecule has 0 bridgehead atoms. The predicted octanol–water partition coefficient (Wildman–Crippen LogP) is 2.25. The third-order valence-electron chi connectivity index (χ3n) is 5.20. The number of benzene rings is 1. The molecule has 1 aliphatic heterocycles. The molecule has 1 heterocycles. The summed E-state index contributed by atoms with van der Waals surface area (Å²) in [5.41, 5.74) is 3.75.